The lowest BCUT2D eigenvalue weighted by Gasteiger charge is -2.21. The highest BCUT2D eigenvalue weighted by molar-refractivity contribution is 7.47. The zero-order chi connectivity index (χ0) is 73.4. The smallest absolute Gasteiger partial charge is 0.462 e. The quantitative estimate of drug-likeness (QED) is 0.0222. The van der Waals surface area contributed by atoms with Crippen LogP contribution in [0.5, 0.6) is 0 Å². The predicted octanol–water partition coefficient (Wildman–Crippen LogP) is 24.4. The van der Waals surface area contributed by atoms with Crippen LogP contribution in [-0.2, 0) is 65.4 Å². The van der Waals surface area contributed by atoms with E-state index in [1.54, 1.807) is 0 Å². The fourth-order valence-electron chi connectivity index (χ4n) is 12.6. The minimum atomic E-state index is -4.96. The van der Waals surface area contributed by atoms with E-state index in [0.29, 0.717) is 25.7 Å². The largest absolute Gasteiger partial charge is 0.472 e. The molecule has 19 heteroatoms. The maximum atomic E-state index is 13.1. The molecular formula is C81H158O17P2. The minimum Gasteiger partial charge on any atom is -0.462 e. The highest BCUT2D eigenvalue weighted by atomic mass is 31.2. The first-order valence-electron chi connectivity index (χ1n) is 42.2. The lowest BCUT2D eigenvalue weighted by atomic mass is 10.00. The summed E-state index contributed by atoms with van der Waals surface area (Å²) < 4.78 is 68.6. The zero-order valence-electron chi connectivity index (χ0n) is 65.3. The molecule has 3 N–H and O–H groups in total. The molecule has 594 valence electrons. The van der Waals surface area contributed by atoms with E-state index in [1.807, 2.05) is 0 Å². The molecule has 0 radical (unpaired) electrons. The third-order valence-electron chi connectivity index (χ3n) is 19.4. The van der Waals surface area contributed by atoms with Gasteiger partial charge in [0.2, 0.25) is 0 Å². The van der Waals surface area contributed by atoms with Crippen LogP contribution in [0.3, 0.4) is 0 Å². The molecule has 0 amide bonds. The summed E-state index contributed by atoms with van der Waals surface area (Å²) in [6.07, 6.45) is 65.6. The Morgan fingerprint density at radius 3 is 0.710 bits per heavy atom. The standard InChI is InChI=1S/C81H158O17P2/c1-6-10-13-16-19-22-24-26-28-30-32-34-36-38-40-42-44-47-50-56-61-66-80(85)97-76(70-92-79(84)65-60-55-49-46-43-41-39-37-35-33-31-29-27-25-23-20-17-14-11-7-2)72-95-99(87,88)93-68-75(82)69-94-100(89,90)96-73-77(71-91-78(83)64-59-54-48-45-21-18-15-12-8-3)98-81(86)67-62-57-52-51-53-58-63-74(5)9-4/h74-77,82H,6-73H2,1-5H3,(H,87,88)(H,89,90)/t74?,75-,76-,77-/m1/s1. The van der Waals surface area contributed by atoms with E-state index in [9.17, 15) is 43.2 Å². The Bertz CT molecular complexity index is 1910. The van der Waals surface area contributed by atoms with Crippen LogP contribution in [-0.4, -0.2) is 96.7 Å². The first kappa shape index (κ1) is 98.1. The summed E-state index contributed by atoms with van der Waals surface area (Å²) in [6, 6.07) is 0. The number of phosphoric acid groups is 2. The van der Waals surface area contributed by atoms with Crippen molar-refractivity contribution in [3.8, 4) is 0 Å². The van der Waals surface area contributed by atoms with Gasteiger partial charge in [0.05, 0.1) is 26.4 Å². The van der Waals surface area contributed by atoms with Crippen molar-refractivity contribution in [2.45, 2.75) is 451 Å². The number of ether oxygens (including phenoxy) is 4. The average Bonchev–Trinajstić information content (AvgIpc) is 0.960. The summed E-state index contributed by atoms with van der Waals surface area (Å²) in [4.78, 5) is 72.9. The minimum absolute atomic E-state index is 0.103. The van der Waals surface area contributed by atoms with Crippen molar-refractivity contribution in [3.63, 3.8) is 0 Å². The van der Waals surface area contributed by atoms with Crippen LogP contribution in [0.25, 0.3) is 0 Å². The fourth-order valence-corrected chi connectivity index (χ4v) is 14.1. The van der Waals surface area contributed by atoms with Crippen LogP contribution in [0, 0.1) is 5.92 Å². The van der Waals surface area contributed by atoms with E-state index >= 15 is 0 Å². The molecule has 0 aromatic carbocycles. The van der Waals surface area contributed by atoms with Gasteiger partial charge in [-0.2, -0.15) is 0 Å². The van der Waals surface area contributed by atoms with Crippen LogP contribution < -0.4 is 0 Å². The normalized spacial score (nSPS) is 14.1. The number of esters is 4. The van der Waals surface area contributed by atoms with Crippen LogP contribution in [0.1, 0.15) is 433 Å². The Balaban J connectivity index is 5.17. The van der Waals surface area contributed by atoms with E-state index < -0.39 is 97.5 Å². The first-order chi connectivity index (χ1) is 48.6. The van der Waals surface area contributed by atoms with Gasteiger partial charge in [-0.25, -0.2) is 9.13 Å². The monoisotopic (exact) mass is 1470 g/mol. The second-order valence-electron chi connectivity index (χ2n) is 29.4. The van der Waals surface area contributed by atoms with Crippen LogP contribution in [0.15, 0.2) is 0 Å². The lowest BCUT2D eigenvalue weighted by Crippen LogP contribution is -2.30. The number of aliphatic hydroxyl groups excluding tert-OH is 1. The topological polar surface area (TPSA) is 237 Å². The predicted molar refractivity (Wildman–Crippen MR) is 409 cm³/mol. The molecule has 0 bridgehead atoms. The van der Waals surface area contributed by atoms with Gasteiger partial charge in [0.1, 0.15) is 19.3 Å². The van der Waals surface area contributed by atoms with Gasteiger partial charge < -0.3 is 33.8 Å². The number of hydrogen-bond acceptors (Lipinski definition) is 15. The van der Waals surface area contributed by atoms with Gasteiger partial charge in [-0.15, -0.1) is 0 Å². The Kier molecular flexibility index (Phi) is 72.5. The summed E-state index contributed by atoms with van der Waals surface area (Å²) in [5.41, 5.74) is 0. The second kappa shape index (κ2) is 73.9. The summed E-state index contributed by atoms with van der Waals surface area (Å²) in [7, 11) is -9.91. The van der Waals surface area contributed by atoms with Crippen LogP contribution >= 0.6 is 15.6 Å². The van der Waals surface area contributed by atoms with Crippen molar-refractivity contribution >= 4 is 39.5 Å². The molecule has 0 aliphatic carbocycles. The molecule has 0 saturated heterocycles. The van der Waals surface area contributed by atoms with Gasteiger partial charge >= 0.3 is 39.5 Å². The van der Waals surface area contributed by atoms with Crippen molar-refractivity contribution in [1.29, 1.82) is 0 Å². The number of phosphoric ester groups is 2. The lowest BCUT2D eigenvalue weighted by molar-refractivity contribution is -0.161. The molecule has 17 nitrogen and oxygen atoms in total. The van der Waals surface area contributed by atoms with Gasteiger partial charge in [-0.1, -0.05) is 381 Å². The summed E-state index contributed by atoms with van der Waals surface area (Å²) >= 11 is 0. The number of carbonyl (C=O) groups excluding carboxylic acids is 4. The van der Waals surface area contributed by atoms with Crippen molar-refractivity contribution in [2.24, 2.45) is 5.92 Å². The maximum absolute atomic E-state index is 13.1. The SMILES string of the molecule is CCCCCCCCCCCCCCCCCCCCCCCC(=O)O[C@H](COC(=O)CCCCCCCCCCCCCCCCCCCCCC)COP(=O)(O)OC[C@@H](O)COP(=O)(O)OC[C@@H](COC(=O)CCCCCCCCCCC)OC(=O)CCCCCCCCC(C)CC. The zero-order valence-corrected chi connectivity index (χ0v) is 67.1. The van der Waals surface area contributed by atoms with Gasteiger partial charge in [0, 0.05) is 25.7 Å². The molecule has 0 heterocycles. The van der Waals surface area contributed by atoms with E-state index in [1.165, 1.54) is 257 Å². The average molecular weight is 1470 g/mol. The Hall–Kier alpha value is -1.94. The first-order valence-corrected chi connectivity index (χ1v) is 45.2. The van der Waals surface area contributed by atoms with Gasteiger partial charge in [-0.05, 0) is 31.6 Å². The fraction of sp³-hybridized carbons (Fsp3) is 0.951. The molecule has 0 aliphatic rings. The molecule has 0 spiro atoms. The number of carbonyl (C=O) groups is 4. The number of hydrogen-bond donors (Lipinski definition) is 3. The Labute approximate surface area is 613 Å². The number of aliphatic hydroxyl groups is 1. The van der Waals surface area contributed by atoms with Gasteiger partial charge in [-0.3, -0.25) is 37.3 Å². The second-order valence-corrected chi connectivity index (χ2v) is 32.3. The number of rotatable bonds is 81. The molecule has 0 fully saturated rings. The van der Waals surface area contributed by atoms with Crippen molar-refractivity contribution in [2.75, 3.05) is 39.6 Å². The van der Waals surface area contributed by atoms with E-state index in [-0.39, 0.29) is 25.7 Å². The third-order valence-corrected chi connectivity index (χ3v) is 21.3. The maximum Gasteiger partial charge on any atom is 0.472 e. The Morgan fingerprint density at radius 2 is 0.480 bits per heavy atom. The van der Waals surface area contributed by atoms with Crippen molar-refractivity contribution in [1.82, 2.24) is 0 Å². The summed E-state index contributed by atoms with van der Waals surface area (Å²) in [6.45, 7) is 7.25. The van der Waals surface area contributed by atoms with Crippen molar-refractivity contribution < 1.29 is 80.2 Å². The Morgan fingerprint density at radius 1 is 0.280 bits per heavy atom. The molecule has 6 atom stereocenters. The van der Waals surface area contributed by atoms with Crippen molar-refractivity contribution in [3.05, 3.63) is 0 Å². The molecule has 0 aliphatic heterocycles. The number of unbranched alkanes of at least 4 members (excludes halogenated alkanes) is 52. The highest BCUT2D eigenvalue weighted by Gasteiger charge is 2.30. The summed E-state index contributed by atoms with van der Waals surface area (Å²) in [5, 5.41) is 10.6. The van der Waals surface area contributed by atoms with Crippen LogP contribution in [0.4, 0.5) is 0 Å². The van der Waals surface area contributed by atoms with Crippen LogP contribution in [0.2, 0.25) is 0 Å². The van der Waals surface area contributed by atoms with E-state index in [4.69, 9.17) is 37.0 Å². The van der Waals surface area contributed by atoms with Gasteiger partial charge in [0.15, 0.2) is 12.2 Å². The molecule has 100 heavy (non-hydrogen) atoms. The summed E-state index contributed by atoms with van der Waals surface area (Å²) in [5.74, 6) is -1.39. The third kappa shape index (κ3) is 73.0. The molecule has 0 aromatic rings. The molecule has 0 aromatic heterocycles. The highest BCUT2D eigenvalue weighted by Crippen LogP contribution is 2.45. The van der Waals surface area contributed by atoms with E-state index in [0.717, 1.165) is 95.8 Å². The molecule has 0 rings (SSSR count). The van der Waals surface area contributed by atoms with E-state index in [2.05, 4.69) is 34.6 Å². The molecule has 0 saturated carbocycles. The molecular weight excluding hydrogens is 1310 g/mol. The molecule has 3 unspecified atom stereocenters. The van der Waals surface area contributed by atoms with Gasteiger partial charge in [0.25, 0.3) is 0 Å².